The molecular formula is C11H12N2O. The molecule has 0 aromatic carbocycles. The monoisotopic (exact) mass is 188 g/mol. The number of pyridine rings is 1. The summed E-state index contributed by atoms with van der Waals surface area (Å²) in [6.45, 7) is 0.935. The van der Waals surface area contributed by atoms with Crippen molar-refractivity contribution >= 4 is 0 Å². The van der Waals surface area contributed by atoms with E-state index in [0.717, 1.165) is 31.5 Å². The molecule has 0 unspecified atom stereocenters. The molecule has 0 radical (unpaired) electrons. The predicted molar refractivity (Wildman–Crippen MR) is 53.0 cm³/mol. The molecule has 0 fully saturated rings. The number of rotatable bonds is 0. The van der Waals surface area contributed by atoms with Crippen molar-refractivity contribution in [2.45, 2.75) is 32.2 Å². The summed E-state index contributed by atoms with van der Waals surface area (Å²) in [6.07, 6.45) is 6.07. The Hall–Kier alpha value is -1.56. The fourth-order valence-electron chi connectivity index (χ4n) is 1.97. The fourth-order valence-corrected chi connectivity index (χ4v) is 1.97. The van der Waals surface area contributed by atoms with Crippen molar-refractivity contribution in [3.63, 3.8) is 0 Å². The van der Waals surface area contributed by atoms with E-state index in [4.69, 9.17) is 5.26 Å². The van der Waals surface area contributed by atoms with Gasteiger partial charge in [0.05, 0.1) is 0 Å². The molecule has 0 atom stereocenters. The SMILES string of the molecule is N#Cc1c2n(ccc1=O)CCCCC2. The molecule has 0 aliphatic carbocycles. The Kier molecular flexibility index (Phi) is 2.36. The Balaban J connectivity index is 2.61. The Bertz CT molecular complexity index is 440. The van der Waals surface area contributed by atoms with E-state index in [9.17, 15) is 4.79 Å². The van der Waals surface area contributed by atoms with Gasteiger partial charge in [0, 0.05) is 24.5 Å². The molecule has 1 aromatic rings. The zero-order valence-corrected chi connectivity index (χ0v) is 7.99. The van der Waals surface area contributed by atoms with Crippen LogP contribution in [0.25, 0.3) is 0 Å². The Morgan fingerprint density at radius 3 is 3.00 bits per heavy atom. The first-order chi connectivity index (χ1) is 6.83. The Labute approximate surface area is 82.6 Å². The van der Waals surface area contributed by atoms with E-state index >= 15 is 0 Å². The van der Waals surface area contributed by atoms with Crippen molar-refractivity contribution in [3.8, 4) is 6.07 Å². The molecular weight excluding hydrogens is 176 g/mol. The van der Waals surface area contributed by atoms with Crippen molar-refractivity contribution < 1.29 is 0 Å². The van der Waals surface area contributed by atoms with Gasteiger partial charge in [-0.1, -0.05) is 6.42 Å². The summed E-state index contributed by atoms with van der Waals surface area (Å²) in [5, 5.41) is 8.90. The lowest BCUT2D eigenvalue weighted by molar-refractivity contribution is 0.630. The average Bonchev–Trinajstić information content (AvgIpc) is 2.42. The van der Waals surface area contributed by atoms with Gasteiger partial charge in [-0.3, -0.25) is 4.79 Å². The molecule has 0 N–H and O–H groups in total. The summed E-state index contributed by atoms with van der Waals surface area (Å²) in [4.78, 5) is 11.4. The van der Waals surface area contributed by atoms with E-state index in [1.807, 2.05) is 16.8 Å². The highest BCUT2D eigenvalue weighted by molar-refractivity contribution is 5.33. The number of aryl methyl sites for hydroxylation is 1. The number of nitriles is 1. The van der Waals surface area contributed by atoms with E-state index in [2.05, 4.69) is 0 Å². The van der Waals surface area contributed by atoms with Crippen LogP contribution in [0.2, 0.25) is 0 Å². The molecule has 3 nitrogen and oxygen atoms in total. The van der Waals surface area contributed by atoms with Gasteiger partial charge in [-0.15, -0.1) is 0 Å². The van der Waals surface area contributed by atoms with Gasteiger partial charge in [0.15, 0.2) is 5.43 Å². The first kappa shape index (κ1) is 9.01. The van der Waals surface area contributed by atoms with E-state index < -0.39 is 0 Å². The molecule has 72 valence electrons. The number of fused-ring (bicyclic) bond motifs is 1. The minimum atomic E-state index is -0.138. The van der Waals surface area contributed by atoms with Gasteiger partial charge >= 0.3 is 0 Å². The van der Waals surface area contributed by atoms with Crippen LogP contribution in [-0.4, -0.2) is 4.57 Å². The lowest BCUT2D eigenvalue weighted by atomic mass is 10.1. The van der Waals surface area contributed by atoms with Crippen molar-refractivity contribution in [1.82, 2.24) is 4.57 Å². The molecule has 0 spiro atoms. The Morgan fingerprint density at radius 2 is 2.21 bits per heavy atom. The van der Waals surface area contributed by atoms with Crippen LogP contribution in [0.5, 0.6) is 0 Å². The number of aromatic nitrogens is 1. The van der Waals surface area contributed by atoms with Gasteiger partial charge < -0.3 is 4.57 Å². The largest absolute Gasteiger partial charge is 0.350 e. The van der Waals surface area contributed by atoms with Crippen molar-refractivity contribution in [1.29, 1.82) is 5.26 Å². The summed E-state index contributed by atoms with van der Waals surface area (Å²) in [7, 11) is 0. The summed E-state index contributed by atoms with van der Waals surface area (Å²) < 4.78 is 2.05. The van der Waals surface area contributed by atoms with Gasteiger partial charge in [-0.2, -0.15) is 5.26 Å². The van der Waals surface area contributed by atoms with Crippen LogP contribution in [0, 0.1) is 11.3 Å². The standard InChI is InChI=1S/C11H12N2O/c12-8-9-10-4-2-1-3-6-13(10)7-5-11(9)14/h5,7H,1-4,6H2. The molecule has 0 bridgehead atoms. The number of hydrogen-bond acceptors (Lipinski definition) is 2. The van der Waals surface area contributed by atoms with Gasteiger partial charge in [0.1, 0.15) is 11.6 Å². The summed E-state index contributed by atoms with van der Waals surface area (Å²) in [5.41, 5.74) is 1.13. The van der Waals surface area contributed by atoms with E-state index in [0.29, 0.717) is 5.56 Å². The first-order valence-electron chi connectivity index (χ1n) is 4.95. The second kappa shape index (κ2) is 3.67. The van der Waals surface area contributed by atoms with Crippen molar-refractivity contribution in [3.05, 3.63) is 33.7 Å². The van der Waals surface area contributed by atoms with Gasteiger partial charge in [0.2, 0.25) is 0 Å². The summed E-state index contributed by atoms with van der Waals surface area (Å²) in [6, 6.07) is 3.51. The number of nitrogens with zero attached hydrogens (tertiary/aromatic N) is 2. The predicted octanol–water partition coefficient (Wildman–Crippen LogP) is 1.45. The Morgan fingerprint density at radius 1 is 1.36 bits per heavy atom. The second-order valence-electron chi connectivity index (χ2n) is 3.62. The maximum atomic E-state index is 11.4. The molecule has 1 aromatic heterocycles. The van der Waals surface area contributed by atoms with Crippen LogP contribution in [0.3, 0.4) is 0 Å². The minimum absolute atomic E-state index is 0.138. The fraction of sp³-hybridized carbons (Fsp3) is 0.455. The normalized spacial score (nSPS) is 15.4. The van der Waals surface area contributed by atoms with E-state index in [1.165, 1.54) is 12.5 Å². The van der Waals surface area contributed by atoms with Gasteiger partial charge in [-0.25, -0.2) is 0 Å². The van der Waals surface area contributed by atoms with Gasteiger partial charge in [-0.05, 0) is 19.3 Å². The maximum Gasteiger partial charge on any atom is 0.199 e. The van der Waals surface area contributed by atoms with Crippen LogP contribution >= 0.6 is 0 Å². The lowest BCUT2D eigenvalue weighted by Gasteiger charge is -2.09. The van der Waals surface area contributed by atoms with Crippen LogP contribution in [0.15, 0.2) is 17.1 Å². The zero-order chi connectivity index (χ0) is 9.97. The molecule has 3 heteroatoms. The first-order valence-corrected chi connectivity index (χ1v) is 4.95. The van der Waals surface area contributed by atoms with E-state index in [1.54, 1.807) is 0 Å². The third-order valence-electron chi connectivity index (χ3n) is 2.71. The van der Waals surface area contributed by atoms with Gasteiger partial charge in [0.25, 0.3) is 0 Å². The van der Waals surface area contributed by atoms with Crippen molar-refractivity contribution in [2.75, 3.05) is 0 Å². The highest BCUT2D eigenvalue weighted by Crippen LogP contribution is 2.15. The smallest absolute Gasteiger partial charge is 0.199 e. The highest BCUT2D eigenvalue weighted by Gasteiger charge is 2.12. The quantitative estimate of drug-likeness (QED) is 0.618. The molecule has 0 amide bonds. The lowest BCUT2D eigenvalue weighted by Crippen LogP contribution is -2.15. The van der Waals surface area contributed by atoms with E-state index in [-0.39, 0.29) is 5.43 Å². The molecule has 2 rings (SSSR count). The van der Waals surface area contributed by atoms with Crippen LogP contribution < -0.4 is 5.43 Å². The van der Waals surface area contributed by atoms with Crippen molar-refractivity contribution in [2.24, 2.45) is 0 Å². The molecule has 0 saturated carbocycles. The third-order valence-corrected chi connectivity index (χ3v) is 2.71. The molecule has 2 heterocycles. The minimum Gasteiger partial charge on any atom is -0.350 e. The molecule has 14 heavy (non-hydrogen) atoms. The highest BCUT2D eigenvalue weighted by atomic mass is 16.1. The second-order valence-corrected chi connectivity index (χ2v) is 3.62. The van der Waals surface area contributed by atoms with Crippen LogP contribution in [-0.2, 0) is 13.0 Å². The topological polar surface area (TPSA) is 45.8 Å². The third kappa shape index (κ3) is 1.44. The zero-order valence-electron chi connectivity index (χ0n) is 7.99. The average molecular weight is 188 g/mol. The van der Waals surface area contributed by atoms with Crippen LogP contribution in [0.4, 0.5) is 0 Å². The molecule has 1 aliphatic heterocycles. The maximum absolute atomic E-state index is 11.4. The summed E-state index contributed by atoms with van der Waals surface area (Å²) >= 11 is 0. The molecule has 1 aliphatic rings. The van der Waals surface area contributed by atoms with Crippen LogP contribution in [0.1, 0.15) is 30.5 Å². The molecule has 0 saturated heterocycles. The number of hydrogen-bond donors (Lipinski definition) is 0. The summed E-state index contributed by atoms with van der Waals surface area (Å²) in [5.74, 6) is 0.